The molecule has 1 aromatic carbocycles. The fourth-order valence-corrected chi connectivity index (χ4v) is 2.08. The highest BCUT2D eigenvalue weighted by molar-refractivity contribution is 5.68. The van der Waals surface area contributed by atoms with E-state index in [1.54, 1.807) is 6.07 Å². The third-order valence-electron chi connectivity index (χ3n) is 2.97. The van der Waals surface area contributed by atoms with Crippen molar-refractivity contribution in [2.24, 2.45) is 5.73 Å². The van der Waals surface area contributed by atoms with Gasteiger partial charge in [0.15, 0.2) is 11.5 Å². The molecule has 0 saturated heterocycles. The molecule has 1 aliphatic heterocycles. The van der Waals surface area contributed by atoms with Crippen LogP contribution in [0.1, 0.15) is 36.7 Å². The molecule has 2 atom stereocenters. The summed E-state index contributed by atoms with van der Waals surface area (Å²) in [5, 5.41) is 8.78. The van der Waals surface area contributed by atoms with Gasteiger partial charge in [0.2, 0.25) is 0 Å². The molecular formula is C13H16FNO4. The van der Waals surface area contributed by atoms with E-state index >= 15 is 0 Å². The normalized spacial score (nSPS) is 16.8. The summed E-state index contributed by atoms with van der Waals surface area (Å²) in [6.45, 7) is 2.20. The highest BCUT2D eigenvalue weighted by atomic mass is 19.1. The molecule has 1 aromatic rings. The minimum Gasteiger partial charge on any atom is -0.486 e. The molecule has 5 nitrogen and oxygen atoms in total. The second kappa shape index (κ2) is 5.44. The molecule has 19 heavy (non-hydrogen) atoms. The van der Waals surface area contributed by atoms with Crippen molar-refractivity contribution in [3.8, 4) is 11.5 Å². The molecule has 0 aromatic heterocycles. The van der Waals surface area contributed by atoms with Crippen LogP contribution in [-0.2, 0) is 4.79 Å². The first-order chi connectivity index (χ1) is 8.99. The SMILES string of the molecule is CC(F)c1cc2c(cc1C(N)CC(=O)O)OCCO2. The number of rotatable bonds is 4. The molecule has 0 aliphatic carbocycles. The van der Waals surface area contributed by atoms with E-state index < -0.39 is 18.2 Å². The van der Waals surface area contributed by atoms with E-state index in [9.17, 15) is 9.18 Å². The quantitative estimate of drug-likeness (QED) is 0.873. The zero-order valence-corrected chi connectivity index (χ0v) is 10.6. The number of nitrogens with two attached hydrogens (primary N) is 1. The number of carboxylic acids is 1. The maximum Gasteiger partial charge on any atom is 0.305 e. The lowest BCUT2D eigenvalue weighted by molar-refractivity contribution is -0.137. The van der Waals surface area contributed by atoms with E-state index in [2.05, 4.69) is 0 Å². The van der Waals surface area contributed by atoms with Gasteiger partial charge in [-0.2, -0.15) is 0 Å². The van der Waals surface area contributed by atoms with Gasteiger partial charge in [-0.05, 0) is 30.2 Å². The van der Waals surface area contributed by atoms with Crippen molar-refractivity contribution in [1.82, 2.24) is 0 Å². The topological polar surface area (TPSA) is 81.8 Å². The van der Waals surface area contributed by atoms with Gasteiger partial charge in [0.1, 0.15) is 19.4 Å². The summed E-state index contributed by atoms with van der Waals surface area (Å²) in [5.74, 6) is -0.0802. The molecule has 104 valence electrons. The van der Waals surface area contributed by atoms with Gasteiger partial charge in [0, 0.05) is 6.04 Å². The van der Waals surface area contributed by atoms with Crippen LogP contribution in [0, 0.1) is 0 Å². The Morgan fingerprint density at radius 1 is 1.37 bits per heavy atom. The maximum absolute atomic E-state index is 13.7. The molecule has 2 rings (SSSR count). The summed E-state index contributed by atoms with van der Waals surface area (Å²) in [5.41, 5.74) is 6.62. The first-order valence-electron chi connectivity index (χ1n) is 6.04. The standard InChI is InChI=1S/C13H16FNO4/c1-7(14)8-4-11-12(19-3-2-18-11)5-9(8)10(15)6-13(16)17/h4-5,7,10H,2-3,6,15H2,1H3,(H,16,17). The molecule has 1 heterocycles. The van der Waals surface area contributed by atoms with Crippen LogP contribution in [-0.4, -0.2) is 24.3 Å². The number of benzene rings is 1. The average Bonchev–Trinajstić information content (AvgIpc) is 2.36. The van der Waals surface area contributed by atoms with Crippen molar-refractivity contribution < 1.29 is 23.8 Å². The predicted molar refractivity (Wildman–Crippen MR) is 66.1 cm³/mol. The average molecular weight is 269 g/mol. The Morgan fingerprint density at radius 3 is 2.37 bits per heavy atom. The van der Waals surface area contributed by atoms with Crippen LogP contribution in [0.3, 0.4) is 0 Å². The van der Waals surface area contributed by atoms with Gasteiger partial charge in [0.25, 0.3) is 0 Å². The lowest BCUT2D eigenvalue weighted by Crippen LogP contribution is -2.20. The van der Waals surface area contributed by atoms with Crippen LogP contribution < -0.4 is 15.2 Å². The lowest BCUT2D eigenvalue weighted by atomic mass is 9.95. The number of hydrogen-bond acceptors (Lipinski definition) is 4. The second-order valence-corrected chi connectivity index (χ2v) is 4.45. The summed E-state index contributed by atoms with van der Waals surface area (Å²) < 4.78 is 24.4. The number of carboxylic acid groups (broad SMARTS) is 1. The van der Waals surface area contributed by atoms with Crippen molar-refractivity contribution in [1.29, 1.82) is 0 Å². The van der Waals surface area contributed by atoms with Crippen molar-refractivity contribution in [2.45, 2.75) is 25.6 Å². The monoisotopic (exact) mass is 269 g/mol. The Hall–Kier alpha value is -1.82. The second-order valence-electron chi connectivity index (χ2n) is 4.45. The van der Waals surface area contributed by atoms with E-state index in [1.807, 2.05) is 0 Å². The molecule has 0 bridgehead atoms. The van der Waals surface area contributed by atoms with E-state index in [4.69, 9.17) is 20.3 Å². The van der Waals surface area contributed by atoms with Crippen molar-refractivity contribution >= 4 is 5.97 Å². The van der Waals surface area contributed by atoms with Crippen LogP contribution >= 0.6 is 0 Å². The van der Waals surface area contributed by atoms with Crippen molar-refractivity contribution in [2.75, 3.05) is 13.2 Å². The van der Waals surface area contributed by atoms with Gasteiger partial charge in [-0.25, -0.2) is 4.39 Å². The van der Waals surface area contributed by atoms with Gasteiger partial charge in [-0.1, -0.05) is 0 Å². The first-order valence-corrected chi connectivity index (χ1v) is 6.04. The van der Waals surface area contributed by atoms with Gasteiger partial charge in [0.05, 0.1) is 6.42 Å². The minimum atomic E-state index is -1.26. The zero-order chi connectivity index (χ0) is 14.0. The summed E-state index contributed by atoms with van der Waals surface area (Å²) in [4.78, 5) is 10.7. The van der Waals surface area contributed by atoms with Crippen LogP contribution in [0.25, 0.3) is 0 Å². The number of halogens is 1. The van der Waals surface area contributed by atoms with Crippen LogP contribution in [0.5, 0.6) is 11.5 Å². The summed E-state index contributed by atoms with van der Waals surface area (Å²) in [6.07, 6.45) is -1.52. The van der Waals surface area contributed by atoms with Crippen LogP contribution in [0.4, 0.5) is 4.39 Å². The molecule has 0 spiro atoms. The third kappa shape index (κ3) is 2.96. The van der Waals surface area contributed by atoms with Gasteiger partial charge in [-0.15, -0.1) is 0 Å². The Labute approximate surface area is 110 Å². The highest BCUT2D eigenvalue weighted by Crippen LogP contribution is 2.38. The minimum absolute atomic E-state index is 0.265. The fraction of sp³-hybridized carbons (Fsp3) is 0.462. The van der Waals surface area contributed by atoms with E-state index in [0.29, 0.717) is 35.8 Å². The molecular weight excluding hydrogens is 253 g/mol. The van der Waals surface area contributed by atoms with E-state index in [-0.39, 0.29) is 6.42 Å². The van der Waals surface area contributed by atoms with E-state index in [0.717, 1.165) is 0 Å². The summed E-state index contributed by atoms with van der Waals surface area (Å²) in [7, 11) is 0. The lowest BCUT2D eigenvalue weighted by Gasteiger charge is -2.23. The van der Waals surface area contributed by atoms with Gasteiger partial charge in [-0.3, -0.25) is 4.79 Å². The van der Waals surface area contributed by atoms with Crippen LogP contribution in [0.2, 0.25) is 0 Å². The highest BCUT2D eigenvalue weighted by Gasteiger charge is 2.23. The number of ether oxygens (including phenoxy) is 2. The fourth-order valence-electron chi connectivity index (χ4n) is 2.08. The molecule has 0 amide bonds. The molecule has 3 N–H and O–H groups in total. The molecule has 1 aliphatic rings. The van der Waals surface area contributed by atoms with Crippen molar-refractivity contribution in [3.05, 3.63) is 23.3 Å². The summed E-state index contributed by atoms with van der Waals surface area (Å²) >= 11 is 0. The molecule has 6 heteroatoms. The largest absolute Gasteiger partial charge is 0.486 e. The molecule has 0 fully saturated rings. The predicted octanol–water partition coefficient (Wildman–Crippen LogP) is 1.96. The number of aliphatic carboxylic acids is 1. The molecule has 2 unspecified atom stereocenters. The number of alkyl halides is 1. The number of carbonyl (C=O) groups is 1. The Balaban J connectivity index is 2.42. The molecule has 0 radical (unpaired) electrons. The van der Waals surface area contributed by atoms with Crippen LogP contribution in [0.15, 0.2) is 12.1 Å². The number of fused-ring (bicyclic) bond motifs is 1. The van der Waals surface area contributed by atoms with Gasteiger partial charge >= 0.3 is 5.97 Å². The zero-order valence-electron chi connectivity index (χ0n) is 10.6. The Kier molecular flexibility index (Phi) is 3.90. The number of hydrogen-bond donors (Lipinski definition) is 2. The molecule has 0 saturated carbocycles. The third-order valence-corrected chi connectivity index (χ3v) is 2.97. The smallest absolute Gasteiger partial charge is 0.305 e. The van der Waals surface area contributed by atoms with Gasteiger partial charge < -0.3 is 20.3 Å². The Bertz CT molecular complexity index is 490. The maximum atomic E-state index is 13.7. The summed E-state index contributed by atoms with van der Waals surface area (Å²) in [6, 6.07) is 2.34. The van der Waals surface area contributed by atoms with Crippen molar-refractivity contribution in [3.63, 3.8) is 0 Å². The Morgan fingerprint density at radius 2 is 1.89 bits per heavy atom. The van der Waals surface area contributed by atoms with E-state index in [1.165, 1.54) is 13.0 Å². The first kappa shape index (κ1) is 13.6.